The number of alkyl halides is 2. The Hall–Kier alpha value is -0.770. The van der Waals surface area contributed by atoms with Crippen LogP contribution in [0.25, 0.3) is 0 Å². The number of hydrogen-bond acceptors (Lipinski definition) is 2. The highest BCUT2D eigenvalue weighted by Crippen LogP contribution is 2.22. The summed E-state index contributed by atoms with van der Waals surface area (Å²) in [6, 6.07) is 1.51. The lowest BCUT2D eigenvalue weighted by Gasteiger charge is -1.91. The fraction of sp³-hybridized carbons (Fsp3) is 0.375. The van der Waals surface area contributed by atoms with Gasteiger partial charge in [-0.05, 0) is 25.5 Å². The summed E-state index contributed by atoms with van der Waals surface area (Å²) in [4.78, 5) is 11.8. The molecule has 0 spiro atoms. The number of carbonyl (C=O) groups excluding carboxylic acids is 1. The lowest BCUT2D eigenvalue weighted by atomic mass is 10.2. The molecule has 0 saturated carbocycles. The van der Waals surface area contributed by atoms with Gasteiger partial charge in [0.05, 0.1) is 4.88 Å². The van der Waals surface area contributed by atoms with Crippen LogP contribution in [0.5, 0.6) is 0 Å². The second-order valence-corrected chi connectivity index (χ2v) is 3.77. The van der Waals surface area contributed by atoms with Gasteiger partial charge in [0.2, 0.25) is 5.78 Å². The fourth-order valence-electron chi connectivity index (χ4n) is 0.802. The average Bonchev–Trinajstić information content (AvgIpc) is 2.30. The summed E-state index contributed by atoms with van der Waals surface area (Å²) in [7, 11) is 0. The topological polar surface area (TPSA) is 17.1 Å². The highest BCUT2D eigenvalue weighted by atomic mass is 32.1. The number of Topliss-reactive ketones (excluding diaryl/α,β-unsaturated/α-hetero) is 1. The zero-order valence-corrected chi connectivity index (χ0v) is 7.54. The summed E-state index contributed by atoms with van der Waals surface area (Å²) >= 11 is 1.12. The van der Waals surface area contributed by atoms with Crippen molar-refractivity contribution in [3.8, 4) is 0 Å². The fourth-order valence-corrected chi connectivity index (χ4v) is 1.78. The minimum Gasteiger partial charge on any atom is -0.287 e. The molecule has 0 atom stereocenters. The maximum absolute atomic E-state index is 11.9. The van der Waals surface area contributed by atoms with Crippen LogP contribution in [-0.2, 0) is 0 Å². The molecule has 12 heavy (non-hydrogen) atoms. The Balaban J connectivity index is 2.97. The lowest BCUT2D eigenvalue weighted by molar-refractivity contribution is 0.0683. The van der Waals surface area contributed by atoms with E-state index in [2.05, 4.69) is 0 Å². The van der Waals surface area contributed by atoms with E-state index in [4.69, 9.17) is 0 Å². The quantitative estimate of drug-likeness (QED) is 0.655. The second kappa shape index (κ2) is 3.31. The highest BCUT2D eigenvalue weighted by Gasteiger charge is 2.19. The van der Waals surface area contributed by atoms with Crippen LogP contribution >= 0.6 is 11.3 Å². The smallest absolute Gasteiger partial charge is 0.287 e. The third kappa shape index (κ3) is 1.69. The maximum Gasteiger partial charge on any atom is 0.301 e. The number of aryl methyl sites for hydroxylation is 2. The number of thiophene rings is 1. The SMILES string of the molecule is Cc1cc(C(=O)C(F)F)sc1C. The average molecular weight is 190 g/mol. The normalized spacial score (nSPS) is 10.8. The first-order chi connectivity index (χ1) is 5.52. The van der Waals surface area contributed by atoms with Crippen molar-refractivity contribution >= 4 is 17.1 Å². The molecule has 0 aromatic carbocycles. The second-order valence-electron chi connectivity index (χ2n) is 2.51. The van der Waals surface area contributed by atoms with E-state index in [1.54, 1.807) is 6.92 Å². The predicted molar refractivity (Wildman–Crippen MR) is 44.1 cm³/mol. The van der Waals surface area contributed by atoms with Gasteiger partial charge in [0.1, 0.15) is 0 Å². The van der Waals surface area contributed by atoms with Crippen LogP contribution in [-0.4, -0.2) is 12.2 Å². The molecule has 0 radical (unpaired) electrons. The van der Waals surface area contributed by atoms with Gasteiger partial charge in [-0.1, -0.05) is 0 Å². The van der Waals surface area contributed by atoms with E-state index in [0.29, 0.717) is 0 Å². The van der Waals surface area contributed by atoms with Crippen molar-refractivity contribution in [2.24, 2.45) is 0 Å². The zero-order valence-electron chi connectivity index (χ0n) is 6.73. The molecular weight excluding hydrogens is 182 g/mol. The van der Waals surface area contributed by atoms with E-state index in [-0.39, 0.29) is 4.88 Å². The monoisotopic (exact) mass is 190 g/mol. The van der Waals surface area contributed by atoms with Crippen molar-refractivity contribution in [3.05, 3.63) is 21.4 Å². The Bertz CT molecular complexity index is 285. The summed E-state index contributed by atoms with van der Waals surface area (Å²) in [6.45, 7) is 3.61. The van der Waals surface area contributed by atoms with Gasteiger partial charge >= 0.3 is 6.43 Å². The Labute approximate surface area is 73.0 Å². The number of halogens is 2. The summed E-state index contributed by atoms with van der Waals surface area (Å²) in [5.41, 5.74) is 0.893. The van der Waals surface area contributed by atoms with Gasteiger partial charge in [-0.2, -0.15) is 0 Å². The Morgan fingerprint density at radius 3 is 2.42 bits per heavy atom. The van der Waals surface area contributed by atoms with Crippen LogP contribution < -0.4 is 0 Å². The molecule has 4 heteroatoms. The standard InChI is InChI=1S/C8H8F2OS/c1-4-3-6(12-5(4)2)7(11)8(9)10/h3,8H,1-2H3. The Kier molecular flexibility index (Phi) is 2.57. The van der Waals surface area contributed by atoms with Gasteiger partial charge in [-0.25, -0.2) is 8.78 Å². The number of rotatable bonds is 2. The predicted octanol–water partition coefficient (Wildman–Crippen LogP) is 2.81. The molecule has 1 aromatic rings. The van der Waals surface area contributed by atoms with E-state index in [1.165, 1.54) is 6.07 Å². The summed E-state index contributed by atoms with van der Waals surface area (Å²) in [5.74, 6) is -1.07. The molecule has 0 aliphatic rings. The van der Waals surface area contributed by atoms with E-state index in [1.807, 2.05) is 6.92 Å². The molecule has 1 nitrogen and oxygen atoms in total. The zero-order chi connectivity index (χ0) is 9.30. The van der Waals surface area contributed by atoms with Crippen LogP contribution in [0.4, 0.5) is 8.78 Å². The largest absolute Gasteiger partial charge is 0.301 e. The van der Waals surface area contributed by atoms with Crippen molar-refractivity contribution in [1.29, 1.82) is 0 Å². The molecular formula is C8H8F2OS. The van der Waals surface area contributed by atoms with Gasteiger partial charge < -0.3 is 0 Å². The number of ketones is 1. The number of hydrogen-bond donors (Lipinski definition) is 0. The Morgan fingerprint density at radius 2 is 2.08 bits per heavy atom. The van der Waals surface area contributed by atoms with E-state index in [9.17, 15) is 13.6 Å². The molecule has 0 aliphatic heterocycles. The van der Waals surface area contributed by atoms with Crippen LogP contribution in [0.3, 0.4) is 0 Å². The Morgan fingerprint density at radius 1 is 1.50 bits per heavy atom. The van der Waals surface area contributed by atoms with Crippen molar-refractivity contribution in [1.82, 2.24) is 0 Å². The molecule has 0 unspecified atom stereocenters. The van der Waals surface area contributed by atoms with Crippen LogP contribution in [0, 0.1) is 13.8 Å². The van der Waals surface area contributed by atoms with E-state index in [0.717, 1.165) is 21.8 Å². The summed E-state index contributed by atoms with van der Waals surface area (Å²) in [5, 5.41) is 0. The van der Waals surface area contributed by atoms with Crippen LogP contribution in [0.1, 0.15) is 20.1 Å². The molecule has 1 heterocycles. The van der Waals surface area contributed by atoms with Crippen molar-refractivity contribution in [3.63, 3.8) is 0 Å². The van der Waals surface area contributed by atoms with Gasteiger partial charge in [0, 0.05) is 4.88 Å². The molecule has 0 aliphatic carbocycles. The molecule has 66 valence electrons. The number of carbonyl (C=O) groups is 1. The van der Waals surface area contributed by atoms with Crippen molar-refractivity contribution in [2.75, 3.05) is 0 Å². The molecule has 0 bridgehead atoms. The molecule has 0 fully saturated rings. The van der Waals surface area contributed by atoms with Crippen molar-refractivity contribution in [2.45, 2.75) is 20.3 Å². The van der Waals surface area contributed by atoms with Crippen LogP contribution in [0.2, 0.25) is 0 Å². The van der Waals surface area contributed by atoms with E-state index < -0.39 is 12.2 Å². The lowest BCUT2D eigenvalue weighted by Crippen LogP contribution is -2.07. The first-order valence-electron chi connectivity index (χ1n) is 3.41. The maximum atomic E-state index is 11.9. The van der Waals surface area contributed by atoms with Crippen molar-refractivity contribution < 1.29 is 13.6 Å². The molecule has 1 aromatic heterocycles. The summed E-state index contributed by atoms with van der Waals surface area (Å²) in [6.07, 6.45) is -2.89. The molecule has 0 amide bonds. The third-order valence-electron chi connectivity index (χ3n) is 1.61. The first-order valence-corrected chi connectivity index (χ1v) is 4.23. The molecule has 0 saturated heterocycles. The minimum atomic E-state index is -2.89. The third-order valence-corrected chi connectivity index (χ3v) is 2.77. The van der Waals surface area contributed by atoms with Gasteiger partial charge in [-0.3, -0.25) is 4.79 Å². The first kappa shape index (κ1) is 9.32. The highest BCUT2D eigenvalue weighted by molar-refractivity contribution is 7.14. The van der Waals surface area contributed by atoms with Gasteiger partial charge in [-0.15, -0.1) is 11.3 Å². The molecule has 0 N–H and O–H groups in total. The van der Waals surface area contributed by atoms with Gasteiger partial charge in [0.15, 0.2) is 0 Å². The summed E-state index contributed by atoms with van der Waals surface area (Å²) < 4.78 is 23.8. The molecule has 1 rings (SSSR count). The minimum absolute atomic E-state index is 0.153. The van der Waals surface area contributed by atoms with Gasteiger partial charge in [0.25, 0.3) is 0 Å². The van der Waals surface area contributed by atoms with E-state index >= 15 is 0 Å². The van der Waals surface area contributed by atoms with Crippen LogP contribution in [0.15, 0.2) is 6.07 Å².